The maximum Gasteiger partial charge on any atom is 0.335 e. The number of aryl methyl sites for hydroxylation is 2. The van der Waals surface area contributed by atoms with Crippen LogP contribution in [-0.2, 0) is 0 Å². The highest BCUT2D eigenvalue weighted by Crippen LogP contribution is 2.25. The largest absolute Gasteiger partial charge is 0.478 e. The monoisotopic (exact) mass is 381 g/mol. The maximum absolute atomic E-state index is 11.6. The van der Waals surface area contributed by atoms with Gasteiger partial charge in [0.2, 0.25) is 0 Å². The second kappa shape index (κ2) is 7.64. The van der Waals surface area contributed by atoms with E-state index >= 15 is 0 Å². The Morgan fingerprint density at radius 1 is 0.724 bits per heavy atom. The molecule has 0 atom stereocenters. The van der Waals surface area contributed by atoms with E-state index in [1.807, 2.05) is 38.1 Å². The summed E-state index contributed by atoms with van der Waals surface area (Å²) in [4.78, 5) is 25.1. The van der Waals surface area contributed by atoms with Crippen LogP contribution in [0.5, 0.6) is 0 Å². The molecule has 3 aromatic heterocycles. The van der Waals surface area contributed by atoms with E-state index in [0.29, 0.717) is 22.8 Å². The van der Waals surface area contributed by atoms with Crippen LogP contribution in [0.1, 0.15) is 21.5 Å². The second-order valence-corrected chi connectivity index (χ2v) is 6.95. The van der Waals surface area contributed by atoms with Crippen molar-refractivity contribution >= 4 is 5.97 Å². The summed E-state index contributed by atoms with van der Waals surface area (Å²) < 4.78 is 0. The van der Waals surface area contributed by atoms with Crippen LogP contribution in [0.4, 0.5) is 0 Å². The SMILES string of the molecule is Cc1ccc(-c2ccc(-c3cc(C(=O)O)cc(-c4cc(C)ccn4)n3)nc2)cc1. The molecule has 0 spiro atoms. The highest BCUT2D eigenvalue weighted by Gasteiger charge is 2.13. The van der Waals surface area contributed by atoms with Crippen LogP contribution in [0.3, 0.4) is 0 Å². The smallest absolute Gasteiger partial charge is 0.335 e. The number of rotatable bonds is 4. The Morgan fingerprint density at radius 2 is 1.41 bits per heavy atom. The number of nitrogens with zero attached hydrogens (tertiary/aromatic N) is 3. The molecule has 0 aliphatic carbocycles. The third-order valence-electron chi connectivity index (χ3n) is 4.66. The lowest BCUT2D eigenvalue weighted by Crippen LogP contribution is -2.01. The van der Waals surface area contributed by atoms with Crippen molar-refractivity contribution < 1.29 is 9.90 Å². The molecule has 5 heteroatoms. The zero-order valence-electron chi connectivity index (χ0n) is 16.1. The van der Waals surface area contributed by atoms with Crippen molar-refractivity contribution in [2.24, 2.45) is 0 Å². The predicted molar refractivity (Wildman–Crippen MR) is 113 cm³/mol. The standard InChI is InChI=1S/C24H19N3O2/c1-15-3-5-17(6-4-15)18-7-8-20(26-14-18)22-12-19(24(28)29)13-23(27-22)21-11-16(2)9-10-25-21/h3-14H,1-2H3,(H,28,29). The highest BCUT2D eigenvalue weighted by molar-refractivity contribution is 5.90. The van der Waals surface area contributed by atoms with Gasteiger partial charge < -0.3 is 5.11 Å². The van der Waals surface area contributed by atoms with Crippen LogP contribution in [0.15, 0.2) is 73.1 Å². The third kappa shape index (κ3) is 4.04. The summed E-state index contributed by atoms with van der Waals surface area (Å²) in [6.07, 6.45) is 3.47. The fourth-order valence-corrected chi connectivity index (χ4v) is 3.05. The molecule has 0 bridgehead atoms. The number of pyridine rings is 3. The van der Waals surface area contributed by atoms with Gasteiger partial charge in [0.05, 0.1) is 28.3 Å². The normalized spacial score (nSPS) is 10.7. The van der Waals surface area contributed by atoms with E-state index in [1.165, 1.54) is 17.7 Å². The quantitative estimate of drug-likeness (QED) is 0.527. The Hall–Kier alpha value is -3.86. The molecule has 4 rings (SSSR count). The Kier molecular flexibility index (Phi) is 4.87. The van der Waals surface area contributed by atoms with Crippen molar-refractivity contribution in [3.8, 4) is 33.9 Å². The molecule has 0 radical (unpaired) electrons. The van der Waals surface area contributed by atoms with Crippen LogP contribution < -0.4 is 0 Å². The van der Waals surface area contributed by atoms with Crippen molar-refractivity contribution in [3.05, 3.63) is 89.7 Å². The van der Waals surface area contributed by atoms with Crippen molar-refractivity contribution in [1.29, 1.82) is 0 Å². The van der Waals surface area contributed by atoms with Crippen molar-refractivity contribution in [2.75, 3.05) is 0 Å². The Labute approximate surface area is 168 Å². The van der Waals surface area contributed by atoms with E-state index < -0.39 is 5.97 Å². The summed E-state index contributed by atoms with van der Waals surface area (Å²) in [5, 5.41) is 9.53. The minimum atomic E-state index is -1.01. The third-order valence-corrected chi connectivity index (χ3v) is 4.66. The molecule has 0 amide bonds. The van der Waals surface area contributed by atoms with Gasteiger partial charge in [-0.25, -0.2) is 9.78 Å². The molecule has 1 N–H and O–H groups in total. The lowest BCUT2D eigenvalue weighted by molar-refractivity contribution is 0.0697. The number of hydrogen-bond acceptors (Lipinski definition) is 4. The Balaban J connectivity index is 1.75. The average Bonchev–Trinajstić information content (AvgIpc) is 2.74. The first-order valence-corrected chi connectivity index (χ1v) is 9.21. The summed E-state index contributed by atoms with van der Waals surface area (Å²) in [7, 11) is 0. The molecule has 0 unspecified atom stereocenters. The van der Waals surface area contributed by atoms with Gasteiger partial charge >= 0.3 is 5.97 Å². The van der Waals surface area contributed by atoms with Crippen LogP contribution in [-0.4, -0.2) is 26.0 Å². The van der Waals surface area contributed by atoms with E-state index in [0.717, 1.165) is 16.7 Å². The molecule has 3 heterocycles. The molecule has 1 aromatic carbocycles. The lowest BCUT2D eigenvalue weighted by Gasteiger charge is -2.08. The zero-order chi connectivity index (χ0) is 20.4. The summed E-state index contributed by atoms with van der Waals surface area (Å²) >= 11 is 0. The molecule has 4 aromatic rings. The molecule has 5 nitrogen and oxygen atoms in total. The van der Waals surface area contributed by atoms with Crippen LogP contribution >= 0.6 is 0 Å². The fraction of sp³-hybridized carbons (Fsp3) is 0.0833. The molecule has 0 saturated heterocycles. The first kappa shape index (κ1) is 18.5. The average molecular weight is 381 g/mol. The number of carboxylic acid groups (broad SMARTS) is 1. The highest BCUT2D eigenvalue weighted by atomic mass is 16.4. The topological polar surface area (TPSA) is 76.0 Å². The Bertz CT molecular complexity index is 1180. The molecule has 29 heavy (non-hydrogen) atoms. The van der Waals surface area contributed by atoms with Crippen LogP contribution in [0.2, 0.25) is 0 Å². The summed E-state index contributed by atoms with van der Waals surface area (Å²) in [5.41, 5.74) is 6.69. The van der Waals surface area contributed by atoms with Gasteiger partial charge in [-0.1, -0.05) is 35.9 Å². The van der Waals surface area contributed by atoms with Crippen LogP contribution in [0.25, 0.3) is 33.9 Å². The van der Waals surface area contributed by atoms with Crippen molar-refractivity contribution in [2.45, 2.75) is 13.8 Å². The molecule has 0 aliphatic rings. The molecule has 0 fully saturated rings. The maximum atomic E-state index is 11.6. The van der Waals surface area contributed by atoms with Gasteiger partial charge in [0.15, 0.2) is 0 Å². The first-order valence-electron chi connectivity index (χ1n) is 9.21. The van der Waals surface area contributed by atoms with Crippen molar-refractivity contribution in [3.63, 3.8) is 0 Å². The molecular weight excluding hydrogens is 362 g/mol. The number of aromatic nitrogens is 3. The van der Waals surface area contributed by atoms with Gasteiger partial charge in [-0.3, -0.25) is 9.97 Å². The molecule has 0 aliphatic heterocycles. The Morgan fingerprint density at radius 3 is 2.03 bits per heavy atom. The molecule has 142 valence electrons. The van der Waals surface area contributed by atoms with E-state index in [2.05, 4.69) is 39.2 Å². The number of carbonyl (C=O) groups is 1. The predicted octanol–water partition coefficient (Wildman–Crippen LogP) is 5.19. The van der Waals surface area contributed by atoms with E-state index in [9.17, 15) is 9.90 Å². The summed E-state index contributed by atoms with van der Waals surface area (Å²) in [6.45, 7) is 4.01. The van der Waals surface area contributed by atoms with Gasteiger partial charge in [0.25, 0.3) is 0 Å². The number of carboxylic acids is 1. The lowest BCUT2D eigenvalue weighted by atomic mass is 10.0. The van der Waals surface area contributed by atoms with Gasteiger partial charge in [-0.05, 0) is 55.3 Å². The first-order chi connectivity index (χ1) is 14.0. The number of hydrogen-bond donors (Lipinski definition) is 1. The van der Waals surface area contributed by atoms with Gasteiger partial charge in [-0.2, -0.15) is 0 Å². The van der Waals surface area contributed by atoms with Crippen molar-refractivity contribution in [1.82, 2.24) is 15.0 Å². The van der Waals surface area contributed by atoms with Crippen LogP contribution in [0, 0.1) is 13.8 Å². The van der Waals surface area contributed by atoms with Gasteiger partial charge in [0.1, 0.15) is 0 Å². The van der Waals surface area contributed by atoms with E-state index in [-0.39, 0.29) is 5.56 Å². The minimum absolute atomic E-state index is 0.151. The molecule has 0 saturated carbocycles. The zero-order valence-corrected chi connectivity index (χ0v) is 16.1. The molecular formula is C24H19N3O2. The van der Waals surface area contributed by atoms with Gasteiger partial charge in [0, 0.05) is 18.0 Å². The van der Waals surface area contributed by atoms with E-state index in [4.69, 9.17) is 0 Å². The van der Waals surface area contributed by atoms with E-state index in [1.54, 1.807) is 12.4 Å². The second-order valence-electron chi connectivity index (χ2n) is 6.95. The number of aromatic carboxylic acids is 1. The summed E-state index contributed by atoms with van der Waals surface area (Å²) in [6, 6.07) is 18.9. The number of benzene rings is 1. The van der Waals surface area contributed by atoms with Gasteiger partial charge in [-0.15, -0.1) is 0 Å². The summed E-state index contributed by atoms with van der Waals surface area (Å²) in [5.74, 6) is -1.01. The minimum Gasteiger partial charge on any atom is -0.478 e. The fourth-order valence-electron chi connectivity index (χ4n) is 3.05.